The molecule has 0 saturated carbocycles. The first-order valence-electron chi connectivity index (χ1n) is 5.28. The van der Waals surface area contributed by atoms with Crippen molar-refractivity contribution in [2.45, 2.75) is 6.92 Å². The van der Waals surface area contributed by atoms with Gasteiger partial charge >= 0.3 is 0 Å². The van der Waals surface area contributed by atoms with Crippen molar-refractivity contribution in [3.8, 4) is 11.5 Å². The number of carbonyl (C=O) groups is 2. The van der Waals surface area contributed by atoms with Crippen LogP contribution in [0.2, 0.25) is 0 Å². The summed E-state index contributed by atoms with van der Waals surface area (Å²) in [7, 11) is 0. The van der Waals surface area contributed by atoms with E-state index in [0.717, 1.165) is 11.3 Å². The van der Waals surface area contributed by atoms with Gasteiger partial charge in [0, 0.05) is 12.3 Å². The van der Waals surface area contributed by atoms with Gasteiger partial charge in [-0.2, -0.15) is 0 Å². The van der Waals surface area contributed by atoms with Gasteiger partial charge in [-0.15, -0.1) is 11.3 Å². The maximum absolute atomic E-state index is 11.9. The third-order valence-corrected chi connectivity index (χ3v) is 3.09. The summed E-state index contributed by atoms with van der Waals surface area (Å²) >= 11 is 1.09. The highest BCUT2D eigenvalue weighted by atomic mass is 32.1. The third-order valence-electron chi connectivity index (χ3n) is 2.33. The maximum atomic E-state index is 11.9. The Hall–Kier alpha value is -2.41. The van der Waals surface area contributed by atoms with Crippen molar-refractivity contribution in [1.82, 2.24) is 4.98 Å². The summed E-state index contributed by atoms with van der Waals surface area (Å²) < 4.78 is 0. The van der Waals surface area contributed by atoms with E-state index in [1.807, 2.05) is 0 Å². The highest BCUT2D eigenvalue weighted by molar-refractivity contribution is 7.14. The van der Waals surface area contributed by atoms with Gasteiger partial charge in [-0.1, -0.05) is 6.07 Å². The quantitative estimate of drug-likeness (QED) is 0.746. The van der Waals surface area contributed by atoms with Crippen molar-refractivity contribution in [3.63, 3.8) is 0 Å². The molecule has 0 fully saturated rings. The number of anilines is 1. The second-order valence-corrected chi connectivity index (χ2v) is 4.58. The Labute approximate surface area is 112 Å². The lowest BCUT2D eigenvalue weighted by molar-refractivity contribution is 0.100. The molecule has 0 saturated heterocycles. The molecule has 0 bridgehead atoms. The molecular weight excluding hydrogens is 268 g/mol. The summed E-state index contributed by atoms with van der Waals surface area (Å²) in [5.41, 5.74) is 0.0175. The number of ketones is 1. The second kappa shape index (κ2) is 5.07. The van der Waals surface area contributed by atoms with Crippen molar-refractivity contribution in [2.75, 3.05) is 5.32 Å². The first-order valence-corrected chi connectivity index (χ1v) is 6.15. The summed E-state index contributed by atoms with van der Waals surface area (Å²) in [4.78, 5) is 26.9. The molecule has 0 spiro atoms. The zero-order valence-electron chi connectivity index (χ0n) is 9.88. The monoisotopic (exact) mass is 278 g/mol. The molecule has 2 rings (SSSR count). The number of hydrogen-bond acceptors (Lipinski definition) is 6. The summed E-state index contributed by atoms with van der Waals surface area (Å²) in [6, 6.07) is 3.99. The summed E-state index contributed by atoms with van der Waals surface area (Å²) in [6.45, 7) is 1.37. The van der Waals surface area contributed by atoms with Gasteiger partial charge in [-0.05, 0) is 12.1 Å². The molecule has 1 heterocycles. The zero-order chi connectivity index (χ0) is 14.0. The van der Waals surface area contributed by atoms with E-state index in [0.29, 0.717) is 0 Å². The third kappa shape index (κ3) is 2.71. The Bertz CT molecular complexity index is 631. The van der Waals surface area contributed by atoms with Crippen LogP contribution >= 0.6 is 11.3 Å². The number of amides is 1. The van der Waals surface area contributed by atoms with Crippen LogP contribution in [0.25, 0.3) is 0 Å². The van der Waals surface area contributed by atoms with Gasteiger partial charge in [0.05, 0.1) is 0 Å². The van der Waals surface area contributed by atoms with Gasteiger partial charge in [0.25, 0.3) is 5.91 Å². The van der Waals surface area contributed by atoms with Gasteiger partial charge in [-0.25, -0.2) is 4.98 Å². The number of nitrogens with one attached hydrogen (secondary N) is 1. The molecule has 0 unspecified atom stereocenters. The smallest absolute Gasteiger partial charge is 0.264 e. The molecule has 0 aliphatic carbocycles. The van der Waals surface area contributed by atoms with Crippen LogP contribution in [0.15, 0.2) is 23.6 Å². The average Bonchev–Trinajstić information content (AvgIpc) is 2.77. The molecule has 1 aromatic heterocycles. The minimum atomic E-state index is -0.694. The minimum absolute atomic E-state index is 0.206. The first-order chi connectivity index (χ1) is 8.99. The first kappa shape index (κ1) is 13.0. The van der Waals surface area contributed by atoms with Crippen molar-refractivity contribution >= 4 is 28.2 Å². The van der Waals surface area contributed by atoms with Crippen LogP contribution in [0.1, 0.15) is 27.8 Å². The van der Waals surface area contributed by atoms with Crippen LogP contribution in [0.3, 0.4) is 0 Å². The van der Waals surface area contributed by atoms with Crippen molar-refractivity contribution in [2.24, 2.45) is 0 Å². The van der Waals surface area contributed by atoms with Crippen LogP contribution in [-0.4, -0.2) is 26.9 Å². The summed E-state index contributed by atoms with van der Waals surface area (Å²) in [6.07, 6.45) is 0. The number of phenolic OH excluding ortho intramolecular Hbond substituents is 2. The number of carbonyl (C=O) groups excluding carboxylic acids is 2. The predicted octanol–water partition coefficient (Wildman–Crippen LogP) is 2.01. The Morgan fingerprint density at radius 1 is 1.26 bits per heavy atom. The molecule has 19 heavy (non-hydrogen) atoms. The average molecular weight is 278 g/mol. The van der Waals surface area contributed by atoms with E-state index in [1.165, 1.54) is 30.5 Å². The molecule has 0 aliphatic heterocycles. The number of hydrogen-bond donors (Lipinski definition) is 3. The molecular formula is C12H10N2O4S. The molecule has 3 N–H and O–H groups in total. The van der Waals surface area contributed by atoms with Crippen molar-refractivity contribution in [1.29, 1.82) is 0 Å². The molecule has 2 aromatic rings. The standard InChI is InChI=1S/C12H10N2O4S/c1-6(15)7-5-19-12(13-7)14-11(18)10-8(16)3-2-4-9(10)17/h2-5,16-17H,1H3,(H,13,14,18). The minimum Gasteiger partial charge on any atom is -0.507 e. The number of rotatable bonds is 3. The molecule has 0 aliphatic rings. The zero-order valence-corrected chi connectivity index (χ0v) is 10.7. The lowest BCUT2D eigenvalue weighted by Gasteiger charge is -2.05. The van der Waals surface area contributed by atoms with Crippen LogP contribution in [0, 0.1) is 0 Å². The van der Waals surface area contributed by atoms with E-state index >= 15 is 0 Å². The van der Waals surface area contributed by atoms with E-state index in [9.17, 15) is 19.8 Å². The number of benzene rings is 1. The lowest BCUT2D eigenvalue weighted by atomic mass is 10.1. The van der Waals surface area contributed by atoms with Gasteiger partial charge < -0.3 is 10.2 Å². The van der Waals surface area contributed by atoms with E-state index in [-0.39, 0.29) is 33.7 Å². The van der Waals surface area contributed by atoms with Gasteiger partial charge in [0.1, 0.15) is 22.8 Å². The van der Waals surface area contributed by atoms with Crippen LogP contribution in [-0.2, 0) is 0 Å². The highest BCUT2D eigenvalue weighted by Crippen LogP contribution is 2.27. The Morgan fingerprint density at radius 2 is 1.89 bits per heavy atom. The van der Waals surface area contributed by atoms with E-state index in [2.05, 4.69) is 10.3 Å². The van der Waals surface area contributed by atoms with Gasteiger partial charge in [0.2, 0.25) is 0 Å². The summed E-state index contributed by atoms with van der Waals surface area (Å²) in [5, 5.41) is 23.2. The fourth-order valence-electron chi connectivity index (χ4n) is 1.41. The fraction of sp³-hybridized carbons (Fsp3) is 0.0833. The van der Waals surface area contributed by atoms with Crippen molar-refractivity contribution in [3.05, 3.63) is 34.8 Å². The van der Waals surface area contributed by atoms with Crippen molar-refractivity contribution < 1.29 is 19.8 Å². The predicted molar refractivity (Wildman–Crippen MR) is 69.8 cm³/mol. The largest absolute Gasteiger partial charge is 0.507 e. The number of nitrogens with zero attached hydrogens (tertiary/aromatic N) is 1. The Morgan fingerprint density at radius 3 is 2.42 bits per heavy atom. The van der Waals surface area contributed by atoms with Crippen LogP contribution < -0.4 is 5.32 Å². The normalized spacial score (nSPS) is 10.2. The SMILES string of the molecule is CC(=O)c1csc(NC(=O)c2c(O)cccc2O)n1. The number of thiazole rings is 1. The number of aromatic hydroxyl groups is 2. The van der Waals surface area contributed by atoms with Gasteiger partial charge in [-0.3, -0.25) is 14.9 Å². The lowest BCUT2D eigenvalue weighted by Crippen LogP contribution is -2.12. The van der Waals surface area contributed by atoms with E-state index < -0.39 is 5.91 Å². The number of phenols is 2. The molecule has 6 nitrogen and oxygen atoms in total. The van der Waals surface area contributed by atoms with Gasteiger partial charge in [0.15, 0.2) is 10.9 Å². The molecule has 0 radical (unpaired) electrons. The van der Waals surface area contributed by atoms with Crippen LogP contribution in [0.5, 0.6) is 11.5 Å². The molecule has 7 heteroatoms. The molecule has 0 atom stereocenters. The molecule has 1 amide bonds. The topological polar surface area (TPSA) is 99.5 Å². The maximum Gasteiger partial charge on any atom is 0.264 e. The number of Topliss-reactive ketones (excluding diaryl/α,β-unsaturated/α-hetero) is 1. The Balaban J connectivity index is 2.23. The second-order valence-electron chi connectivity index (χ2n) is 3.72. The number of aromatic nitrogens is 1. The van der Waals surface area contributed by atoms with Crippen LogP contribution in [0.4, 0.5) is 5.13 Å². The summed E-state index contributed by atoms with van der Waals surface area (Å²) in [5.74, 6) is -1.57. The van der Waals surface area contributed by atoms with E-state index in [1.54, 1.807) is 0 Å². The Kier molecular flexibility index (Phi) is 3.48. The van der Waals surface area contributed by atoms with E-state index in [4.69, 9.17) is 0 Å². The fourth-order valence-corrected chi connectivity index (χ4v) is 2.16. The molecule has 98 valence electrons. The molecule has 1 aromatic carbocycles. The highest BCUT2D eigenvalue weighted by Gasteiger charge is 2.17.